The average Bonchev–Trinajstić information content (AvgIpc) is 2.85. The van der Waals surface area contributed by atoms with Crippen molar-refractivity contribution in [2.45, 2.75) is 0 Å². The van der Waals surface area contributed by atoms with E-state index in [0.717, 1.165) is 0 Å². The van der Waals surface area contributed by atoms with Crippen molar-refractivity contribution in [2.75, 3.05) is 5.32 Å². The quantitative estimate of drug-likeness (QED) is 0.892. The fourth-order valence-electron chi connectivity index (χ4n) is 1.35. The molecule has 5 heteroatoms. The van der Waals surface area contributed by atoms with Crippen molar-refractivity contribution in [2.24, 2.45) is 0 Å². The molecule has 0 aliphatic heterocycles. The minimum Gasteiger partial charge on any atom is -0.357 e. The lowest BCUT2D eigenvalue weighted by molar-refractivity contribution is 0.102. The van der Waals surface area contributed by atoms with E-state index in [1.807, 2.05) is 6.07 Å². The molecule has 2 rings (SSSR count). The molecule has 0 saturated heterocycles. The van der Waals surface area contributed by atoms with E-state index >= 15 is 0 Å². The number of carbonyl (C=O) groups excluding carboxylic acids is 1. The van der Waals surface area contributed by atoms with Gasteiger partial charge >= 0.3 is 0 Å². The van der Waals surface area contributed by atoms with E-state index in [4.69, 9.17) is 5.26 Å². The number of hydrogen-bond donors (Lipinski definition) is 2. The summed E-state index contributed by atoms with van der Waals surface area (Å²) in [7, 11) is 0. The molecule has 84 valence electrons. The summed E-state index contributed by atoms with van der Waals surface area (Å²) in [5.74, 6) is -0.222. The normalized spacial score (nSPS) is 9.65. The van der Waals surface area contributed by atoms with E-state index < -0.39 is 0 Å². The predicted molar refractivity (Wildman–Crippen MR) is 67.6 cm³/mol. The molecular formula is C12H8BrN3O. The van der Waals surface area contributed by atoms with E-state index in [-0.39, 0.29) is 5.91 Å². The van der Waals surface area contributed by atoms with Crippen molar-refractivity contribution in [3.63, 3.8) is 0 Å². The number of rotatable bonds is 2. The Kier molecular flexibility index (Phi) is 3.26. The molecule has 1 amide bonds. The van der Waals surface area contributed by atoms with Gasteiger partial charge in [0.15, 0.2) is 0 Å². The fraction of sp³-hybridized carbons (Fsp3) is 0. The Morgan fingerprint density at radius 3 is 2.82 bits per heavy atom. The third-order valence-electron chi connectivity index (χ3n) is 2.19. The summed E-state index contributed by atoms with van der Waals surface area (Å²) in [6.45, 7) is 0. The van der Waals surface area contributed by atoms with Crippen LogP contribution in [0, 0.1) is 11.3 Å². The first-order valence-corrected chi connectivity index (χ1v) is 5.64. The fourth-order valence-corrected chi connectivity index (χ4v) is 1.83. The highest BCUT2D eigenvalue weighted by atomic mass is 79.9. The molecule has 0 bridgehead atoms. The van der Waals surface area contributed by atoms with Gasteiger partial charge in [0.2, 0.25) is 0 Å². The van der Waals surface area contributed by atoms with Gasteiger partial charge in [-0.05, 0) is 46.3 Å². The highest BCUT2D eigenvalue weighted by molar-refractivity contribution is 9.10. The van der Waals surface area contributed by atoms with Crippen LogP contribution >= 0.6 is 15.9 Å². The first kappa shape index (κ1) is 11.4. The highest BCUT2D eigenvalue weighted by Gasteiger charge is 2.08. The molecule has 0 saturated carbocycles. The molecule has 0 unspecified atom stereocenters. The number of H-pyrrole nitrogens is 1. The first-order chi connectivity index (χ1) is 8.20. The van der Waals surface area contributed by atoms with Gasteiger partial charge in [0.1, 0.15) is 5.69 Å². The van der Waals surface area contributed by atoms with Crippen LogP contribution in [-0.4, -0.2) is 10.9 Å². The molecule has 0 radical (unpaired) electrons. The average molecular weight is 290 g/mol. The van der Waals surface area contributed by atoms with E-state index in [2.05, 4.69) is 26.2 Å². The minimum absolute atomic E-state index is 0.222. The van der Waals surface area contributed by atoms with Crippen LogP contribution in [0.2, 0.25) is 0 Å². The van der Waals surface area contributed by atoms with E-state index in [9.17, 15) is 4.79 Å². The van der Waals surface area contributed by atoms with Gasteiger partial charge in [-0.15, -0.1) is 0 Å². The number of carbonyl (C=O) groups is 1. The Morgan fingerprint density at radius 1 is 1.41 bits per heavy atom. The van der Waals surface area contributed by atoms with Gasteiger partial charge in [0.25, 0.3) is 5.91 Å². The van der Waals surface area contributed by atoms with E-state index in [0.29, 0.717) is 21.4 Å². The van der Waals surface area contributed by atoms with Crippen LogP contribution in [0.4, 0.5) is 5.69 Å². The lowest BCUT2D eigenvalue weighted by atomic mass is 10.2. The topological polar surface area (TPSA) is 68.7 Å². The maximum Gasteiger partial charge on any atom is 0.272 e. The Labute approximate surface area is 106 Å². The molecule has 17 heavy (non-hydrogen) atoms. The summed E-state index contributed by atoms with van der Waals surface area (Å²) < 4.78 is 0.677. The highest BCUT2D eigenvalue weighted by Crippen LogP contribution is 2.23. The van der Waals surface area contributed by atoms with Crippen molar-refractivity contribution in [3.8, 4) is 6.07 Å². The molecule has 0 aliphatic rings. The van der Waals surface area contributed by atoms with Crippen LogP contribution < -0.4 is 5.32 Å². The van der Waals surface area contributed by atoms with Gasteiger partial charge in [-0.1, -0.05) is 0 Å². The molecule has 1 aromatic heterocycles. The largest absolute Gasteiger partial charge is 0.357 e. The molecule has 2 aromatic rings. The van der Waals surface area contributed by atoms with Crippen LogP contribution in [0.1, 0.15) is 16.1 Å². The van der Waals surface area contributed by atoms with Crippen molar-refractivity contribution in [3.05, 3.63) is 52.3 Å². The number of anilines is 1. The zero-order valence-corrected chi connectivity index (χ0v) is 10.3. The number of aromatic amines is 1. The van der Waals surface area contributed by atoms with Crippen molar-refractivity contribution < 1.29 is 4.79 Å². The maximum atomic E-state index is 11.8. The monoisotopic (exact) mass is 289 g/mol. The Hall–Kier alpha value is -2.06. The SMILES string of the molecule is N#Cc1ccc(NC(=O)c2ccc[nH]2)c(Br)c1. The van der Waals surface area contributed by atoms with Gasteiger partial charge in [0.05, 0.1) is 17.3 Å². The standard InChI is InChI=1S/C12H8BrN3O/c13-9-6-8(7-14)3-4-10(9)16-12(17)11-2-1-5-15-11/h1-6,15H,(H,16,17). The molecule has 0 aliphatic carbocycles. The van der Waals surface area contributed by atoms with Gasteiger partial charge < -0.3 is 10.3 Å². The van der Waals surface area contributed by atoms with Crippen molar-refractivity contribution in [1.82, 2.24) is 4.98 Å². The molecule has 4 nitrogen and oxygen atoms in total. The van der Waals surface area contributed by atoms with Crippen LogP contribution in [0.5, 0.6) is 0 Å². The Balaban J connectivity index is 2.20. The minimum atomic E-state index is -0.222. The number of benzene rings is 1. The summed E-state index contributed by atoms with van der Waals surface area (Å²) in [5.41, 5.74) is 1.65. The zero-order valence-electron chi connectivity index (χ0n) is 8.70. The smallest absolute Gasteiger partial charge is 0.272 e. The Morgan fingerprint density at radius 2 is 2.24 bits per heavy atom. The van der Waals surface area contributed by atoms with E-state index in [1.165, 1.54) is 0 Å². The van der Waals surface area contributed by atoms with Gasteiger partial charge in [-0.3, -0.25) is 4.79 Å². The third kappa shape index (κ3) is 2.55. The van der Waals surface area contributed by atoms with Crippen LogP contribution in [0.3, 0.4) is 0 Å². The second-order valence-corrected chi connectivity index (χ2v) is 4.20. The number of aromatic nitrogens is 1. The van der Waals surface area contributed by atoms with Gasteiger partial charge in [0, 0.05) is 10.7 Å². The number of nitriles is 1. The molecule has 0 spiro atoms. The zero-order chi connectivity index (χ0) is 12.3. The van der Waals surface area contributed by atoms with Crippen LogP contribution in [-0.2, 0) is 0 Å². The summed E-state index contributed by atoms with van der Waals surface area (Å²) in [6, 6.07) is 10.5. The number of nitrogens with one attached hydrogen (secondary N) is 2. The van der Waals surface area contributed by atoms with Crippen LogP contribution in [0.25, 0.3) is 0 Å². The lowest BCUT2D eigenvalue weighted by Gasteiger charge is -2.06. The van der Waals surface area contributed by atoms with Crippen molar-refractivity contribution >= 4 is 27.5 Å². The molecule has 0 atom stereocenters. The number of halogens is 1. The molecule has 0 fully saturated rings. The summed E-state index contributed by atoms with van der Waals surface area (Å²) in [5, 5.41) is 11.5. The second-order valence-electron chi connectivity index (χ2n) is 3.34. The second kappa shape index (κ2) is 4.85. The lowest BCUT2D eigenvalue weighted by Crippen LogP contribution is -2.12. The molecule has 1 aromatic carbocycles. The molecule has 2 N–H and O–H groups in total. The number of hydrogen-bond acceptors (Lipinski definition) is 2. The maximum absolute atomic E-state index is 11.8. The predicted octanol–water partition coefficient (Wildman–Crippen LogP) is 2.90. The summed E-state index contributed by atoms with van der Waals surface area (Å²) in [6.07, 6.45) is 1.68. The van der Waals surface area contributed by atoms with Gasteiger partial charge in [-0.2, -0.15) is 5.26 Å². The first-order valence-electron chi connectivity index (χ1n) is 4.85. The number of nitrogens with zero attached hydrogens (tertiary/aromatic N) is 1. The molecular weight excluding hydrogens is 282 g/mol. The molecule has 1 heterocycles. The van der Waals surface area contributed by atoms with E-state index in [1.54, 1.807) is 36.5 Å². The Bertz CT molecular complexity index is 584. The van der Waals surface area contributed by atoms with Crippen molar-refractivity contribution in [1.29, 1.82) is 5.26 Å². The summed E-state index contributed by atoms with van der Waals surface area (Å²) >= 11 is 3.30. The van der Waals surface area contributed by atoms with Crippen LogP contribution in [0.15, 0.2) is 41.0 Å². The number of amides is 1. The van der Waals surface area contributed by atoms with Gasteiger partial charge in [-0.25, -0.2) is 0 Å². The summed E-state index contributed by atoms with van der Waals surface area (Å²) in [4.78, 5) is 14.6. The third-order valence-corrected chi connectivity index (χ3v) is 2.85.